The first-order valence-corrected chi connectivity index (χ1v) is 8.67. The van der Waals surface area contributed by atoms with Gasteiger partial charge >= 0.3 is 0 Å². The molecule has 9 nitrogen and oxygen atoms in total. The van der Waals surface area contributed by atoms with Gasteiger partial charge in [-0.25, -0.2) is 0 Å². The molecule has 0 bridgehead atoms. The monoisotopic (exact) mass is 365 g/mol. The first kappa shape index (κ1) is 17.0. The predicted molar refractivity (Wildman–Crippen MR) is 98.9 cm³/mol. The maximum Gasteiger partial charge on any atom is 0.276 e. The highest BCUT2D eigenvalue weighted by molar-refractivity contribution is 5.92. The zero-order valence-electron chi connectivity index (χ0n) is 14.9. The van der Waals surface area contributed by atoms with Gasteiger partial charge in [0.1, 0.15) is 5.76 Å². The fourth-order valence-corrected chi connectivity index (χ4v) is 2.91. The van der Waals surface area contributed by atoms with Crippen molar-refractivity contribution in [1.29, 1.82) is 0 Å². The van der Waals surface area contributed by atoms with Crippen LogP contribution in [0.2, 0.25) is 0 Å². The third-order valence-corrected chi connectivity index (χ3v) is 4.32. The maximum atomic E-state index is 12.4. The van der Waals surface area contributed by atoms with E-state index in [2.05, 4.69) is 30.6 Å². The fraction of sp³-hybridized carbons (Fsp3) is 0.278. The molecule has 1 aliphatic heterocycles. The number of carbonyl (C=O) groups is 1. The number of amides is 1. The van der Waals surface area contributed by atoms with Gasteiger partial charge in [0.25, 0.3) is 5.91 Å². The minimum absolute atomic E-state index is 0.103. The van der Waals surface area contributed by atoms with Crippen LogP contribution >= 0.6 is 0 Å². The minimum atomic E-state index is -0.103. The number of rotatable bonds is 4. The van der Waals surface area contributed by atoms with Crippen molar-refractivity contribution in [2.24, 2.45) is 0 Å². The van der Waals surface area contributed by atoms with E-state index in [0.29, 0.717) is 43.5 Å². The summed E-state index contributed by atoms with van der Waals surface area (Å²) < 4.78 is 4.98. The Kier molecular flexibility index (Phi) is 4.65. The van der Waals surface area contributed by atoms with E-state index < -0.39 is 0 Å². The molecule has 1 fully saturated rings. The van der Waals surface area contributed by atoms with Crippen LogP contribution < -0.4 is 10.2 Å². The lowest BCUT2D eigenvalue weighted by Crippen LogP contribution is -2.49. The number of pyridine rings is 1. The molecule has 3 aromatic rings. The van der Waals surface area contributed by atoms with E-state index in [1.165, 1.54) is 0 Å². The third kappa shape index (κ3) is 3.86. The van der Waals surface area contributed by atoms with Crippen molar-refractivity contribution in [1.82, 2.24) is 25.2 Å². The Morgan fingerprint density at radius 2 is 2.00 bits per heavy atom. The summed E-state index contributed by atoms with van der Waals surface area (Å²) in [6.45, 7) is 4.34. The molecule has 4 rings (SSSR count). The highest BCUT2D eigenvalue weighted by Crippen LogP contribution is 2.17. The summed E-state index contributed by atoms with van der Waals surface area (Å²) in [5, 5.41) is 15.5. The van der Waals surface area contributed by atoms with Gasteiger partial charge in [0.15, 0.2) is 17.3 Å². The molecule has 3 aromatic heterocycles. The summed E-state index contributed by atoms with van der Waals surface area (Å²) >= 11 is 0. The number of nitrogens with zero attached hydrogens (tertiary/aromatic N) is 6. The standard InChI is InChI=1S/C18H19N7O2/c1-13-11-15(23-27-13)18(26)25-9-7-24(8-10-25)17-5-4-16(21-22-17)20-14-3-2-6-19-12-14/h2-6,11-12H,7-10H2,1H3,(H,20,21). The maximum absolute atomic E-state index is 12.4. The second-order valence-corrected chi connectivity index (χ2v) is 6.25. The molecule has 0 aromatic carbocycles. The summed E-state index contributed by atoms with van der Waals surface area (Å²) in [7, 11) is 0. The van der Waals surface area contributed by atoms with Crippen LogP contribution in [0.3, 0.4) is 0 Å². The Bertz CT molecular complexity index is 903. The number of hydrogen-bond acceptors (Lipinski definition) is 8. The van der Waals surface area contributed by atoms with Crippen LogP contribution in [-0.4, -0.2) is 57.3 Å². The predicted octanol–water partition coefficient (Wildman–Crippen LogP) is 1.87. The molecule has 1 aliphatic rings. The van der Waals surface area contributed by atoms with Crippen LogP contribution in [0.4, 0.5) is 17.3 Å². The number of nitrogens with one attached hydrogen (secondary N) is 1. The fourth-order valence-electron chi connectivity index (χ4n) is 2.91. The minimum Gasteiger partial charge on any atom is -0.361 e. The van der Waals surface area contributed by atoms with E-state index in [0.717, 1.165) is 11.5 Å². The number of aromatic nitrogens is 4. The van der Waals surface area contributed by atoms with Crippen molar-refractivity contribution in [3.05, 3.63) is 54.2 Å². The number of anilines is 3. The van der Waals surface area contributed by atoms with E-state index in [1.54, 1.807) is 30.3 Å². The molecule has 0 atom stereocenters. The van der Waals surface area contributed by atoms with Gasteiger partial charge in [-0.1, -0.05) is 5.16 Å². The van der Waals surface area contributed by atoms with Gasteiger partial charge in [-0.2, -0.15) is 0 Å². The molecule has 0 saturated carbocycles. The summed E-state index contributed by atoms with van der Waals surface area (Å²) in [6.07, 6.45) is 3.44. The van der Waals surface area contributed by atoms with Gasteiger partial charge in [-0.15, -0.1) is 10.2 Å². The van der Waals surface area contributed by atoms with Crippen LogP contribution in [0.25, 0.3) is 0 Å². The van der Waals surface area contributed by atoms with Crippen LogP contribution in [0, 0.1) is 6.92 Å². The van der Waals surface area contributed by atoms with Crippen molar-refractivity contribution in [3.8, 4) is 0 Å². The van der Waals surface area contributed by atoms with Crippen LogP contribution in [0.5, 0.6) is 0 Å². The summed E-state index contributed by atoms with van der Waals surface area (Å²) in [5.41, 5.74) is 1.21. The lowest BCUT2D eigenvalue weighted by Gasteiger charge is -2.34. The topological polar surface area (TPSA) is 100 Å². The number of hydrogen-bond donors (Lipinski definition) is 1. The van der Waals surface area contributed by atoms with Gasteiger partial charge in [0.05, 0.1) is 11.9 Å². The van der Waals surface area contributed by atoms with Gasteiger partial charge in [-0.05, 0) is 31.2 Å². The molecule has 27 heavy (non-hydrogen) atoms. The molecule has 138 valence electrons. The summed E-state index contributed by atoms with van der Waals surface area (Å²) in [5.74, 6) is 1.97. The molecule has 0 radical (unpaired) electrons. The second-order valence-electron chi connectivity index (χ2n) is 6.25. The van der Waals surface area contributed by atoms with E-state index in [1.807, 2.05) is 24.3 Å². The van der Waals surface area contributed by atoms with E-state index in [9.17, 15) is 4.79 Å². The molecule has 4 heterocycles. The van der Waals surface area contributed by atoms with Gasteiger partial charge in [0.2, 0.25) is 0 Å². The molecule has 0 unspecified atom stereocenters. The summed E-state index contributed by atoms with van der Waals surface area (Å²) in [6, 6.07) is 9.23. The molecule has 0 spiro atoms. The molecule has 1 N–H and O–H groups in total. The van der Waals surface area contributed by atoms with Crippen molar-refractivity contribution in [3.63, 3.8) is 0 Å². The first-order valence-electron chi connectivity index (χ1n) is 8.67. The Morgan fingerprint density at radius 1 is 1.15 bits per heavy atom. The van der Waals surface area contributed by atoms with Crippen LogP contribution in [0.1, 0.15) is 16.2 Å². The van der Waals surface area contributed by atoms with Gasteiger partial charge < -0.3 is 19.6 Å². The van der Waals surface area contributed by atoms with Crippen molar-refractivity contribution in [2.45, 2.75) is 6.92 Å². The molecule has 0 aliphatic carbocycles. The highest BCUT2D eigenvalue weighted by atomic mass is 16.5. The van der Waals surface area contributed by atoms with E-state index in [4.69, 9.17) is 4.52 Å². The number of carbonyl (C=O) groups excluding carboxylic acids is 1. The van der Waals surface area contributed by atoms with Crippen molar-refractivity contribution < 1.29 is 9.32 Å². The largest absolute Gasteiger partial charge is 0.361 e. The Morgan fingerprint density at radius 3 is 2.63 bits per heavy atom. The smallest absolute Gasteiger partial charge is 0.276 e. The Balaban J connectivity index is 1.35. The van der Waals surface area contributed by atoms with Gasteiger partial charge in [-0.3, -0.25) is 9.78 Å². The molecule has 1 amide bonds. The number of aryl methyl sites for hydroxylation is 1. The van der Waals surface area contributed by atoms with E-state index >= 15 is 0 Å². The zero-order chi connectivity index (χ0) is 18.6. The van der Waals surface area contributed by atoms with Crippen LogP contribution in [0.15, 0.2) is 47.2 Å². The quantitative estimate of drug-likeness (QED) is 0.748. The molecule has 9 heteroatoms. The third-order valence-electron chi connectivity index (χ3n) is 4.32. The average molecular weight is 365 g/mol. The number of piperazine rings is 1. The van der Waals surface area contributed by atoms with Crippen LogP contribution in [-0.2, 0) is 0 Å². The zero-order valence-corrected chi connectivity index (χ0v) is 14.9. The lowest BCUT2D eigenvalue weighted by molar-refractivity contribution is 0.0736. The Labute approximate surface area is 156 Å². The SMILES string of the molecule is Cc1cc(C(=O)N2CCN(c3ccc(Nc4cccnc4)nn3)CC2)no1. The highest BCUT2D eigenvalue weighted by Gasteiger charge is 2.24. The molecular weight excluding hydrogens is 346 g/mol. The van der Waals surface area contributed by atoms with Gasteiger partial charge in [0, 0.05) is 38.4 Å². The lowest BCUT2D eigenvalue weighted by atomic mass is 10.2. The average Bonchev–Trinajstić information content (AvgIpc) is 3.15. The molecular formula is C18H19N7O2. The van der Waals surface area contributed by atoms with Crippen molar-refractivity contribution >= 4 is 23.2 Å². The normalized spacial score (nSPS) is 14.3. The van der Waals surface area contributed by atoms with E-state index in [-0.39, 0.29) is 5.91 Å². The first-order chi connectivity index (χ1) is 13.2. The summed E-state index contributed by atoms with van der Waals surface area (Å²) in [4.78, 5) is 20.4. The second kappa shape index (κ2) is 7.40. The Hall–Kier alpha value is -3.49. The van der Waals surface area contributed by atoms with Crippen molar-refractivity contribution in [2.75, 3.05) is 36.4 Å². The molecule has 1 saturated heterocycles.